The molecular weight excluding hydrogens is 324 g/mol. The Hall–Kier alpha value is -2.18. The van der Waals surface area contributed by atoms with Crippen LogP contribution in [0.15, 0.2) is 59.5 Å². The van der Waals surface area contributed by atoms with E-state index in [0.29, 0.717) is 12.1 Å². The van der Waals surface area contributed by atoms with Gasteiger partial charge in [0.1, 0.15) is 0 Å². The van der Waals surface area contributed by atoms with Gasteiger partial charge in [0, 0.05) is 26.2 Å². The molecule has 1 N–H and O–H groups in total. The number of carbonyl (C=O) groups excluding carboxylic acids is 1. The molecular formula is C18H22N2O3S. The topological polar surface area (TPSA) is 66.5 Å². The third-order valence-electron chi connectivity index (χ3n) is 3.78. The molecule has 1 amide bonds. The van der Waals surface area contributed by atoms with E-state index >= 15 is 0 Å². The van der Waals surface area contributed by atoms with Gasteiger partial charge in [0.05, 0.1) is 4.90 Å². The Labute approximate surface area is 143 Å². The second-order valence-corrected chi connectivity index (χ2v) is 8.03. The van der Waals surface area contributed by atoms with Crippen LogP contribution in [-0.4, -0.2) is 32.7 Å². The summed E-state index contributed by atoms with van der Waals surface area (Å²) < 4.78 is 25.2. The van der Waals surface area contributed by atoms with Crippen LogP contribution in [0.4, 0.5) is 5.69 Å². The molecule has 0 saturated heterocycles. The van der Waals surface area contributed by atoms with Gasteiger partial charge in [0.2, 0.25) is 15.9 Å². The standard InChI is InChI=1S/C18H22N2O3S/c1-14(15-7-5-4-6-8-15)13-18(21)19-16-9-11-17(12-10-16)24(22,23)20(2)3/h4-12,14H,13H2,1-3H3,(H,19,21). The average Bonchev–Trinajstić information content (AvgIpc) is 2.56. The van der Waals surface area contributed by atoms with Gasteiger partial charge in [-0.15, -0.1) is 0 Å². The van der Waals surface area contributed by atoms with E-state index in [2.05, 4.69) is 5.32 Å². The lowest BCUT2D eigenvalue weighted by molar-refractivity contribution is -0.116. The number of carbonyl (C=O) groups is 1. The first-order chi connectivity index (χ1) is 11.3. The molecule has 0 bridgehead atoms. The minimum atomic E-state index is -3.46. The molecule has 0 spiro atoms. The van der Waals surface area contributed by atoms with Crippen molar-refractivity contribution in [3.05, 3.63) is 60.2 Å². The van der Waals surface area contributed by atoms with Crippen molar-refractivity contribution in [1.29, 1.82) is 0 Å². The first-order valence-electron chi connectivity index (χ1n) is 7.68. The summed E-state index contributed by atoms with van der Waals surface area (Å²) in [6.45, 7) is 2.00. The molecule has 128 valence electrons. The van der Waals surface area contributed by atoms with Crippen LogP contribution >= 0.6 is 0 Å². The number of benzene rings is 2. The molecule has 2 rings (SSSR count). The molecule has 1 atom stereocenters. The van der Waals surface area contributed by atoms with Crippen molar-refractivity contribution in [2.75, 3.05) is 19.4 Å². The van der Waals surface area contributed by atoms with E-state index in [4.69, 9.17) is 0 Å². The predicted octanol–water partition coefficient (Wildman–Crippen LogP) is 3.07. The van der Waals surface area contributed by atoms with Crippen LogP contribution in [-0.2, 0) is 14.8 Å². The zero-order chi connectivity index (χ0) is 17.7. The van der Waals surface area contributed by atoms with Crippen LogP contribution in [0.1, 0.15) is 24.8 Å². The Kier molecular flexibility index (Phi) is 5.75. The molecule has 2 aromatic rings. The quantitative estimate of drug-likeness (QED) is 0.874. The number of nitrogens with zero attached hydrogens (tertiary/aromatic N) is 1. The van der Waals surface area contributed by atoms with E-state index in [-0.39, 0.29) is 16.7 Å². The van der Waals surface area contributed by atoms with Crippen LogP contribution in [0.3, 0.4) is 0 Å². The minimum Gasteiger partial charge on any atom is -0.326 e. The molecule has 0 radical (unpaired) electrons. The van der Waals surface area contributed by atoms with Crippen molar-refractivity contribution in [1.82, 2.24) is 4.31 Å². The van der Waals surface area contributed by atoms with Gasteiger partial charge in [0.25, 0.3) is 0 Å². The molecule has 0 heterocycles. The van der Waals surface area contributed by atoms with Crippen LogP contribution < -0.4 is 5.32 Å². The molecule has 6 heteroatoms. The van der Waals surface area contributed by atoms with E-state index in [1.807, 2.05) is 37.3 Å². The SMILES string of the molecule is CC(CC(=O)Nc1ccc(S(=O)(=O)N(C)C)cc1)c1ccccc1. The van der Waals surface area contributed by atoms with Gasteiger partial charge >= 0.3 is 0 Å². The van der Waals surface area contributed by atoms with E-state index in [0.717, 1.165) is 9.87 Å². The van der Waals surface area contributed by atoms with Crippen LogP contribution in [0, 0.1) is 0 Å². The van der Waals surface area contributed by atoms with Crippen LogP contribution in [0.2, 0.25) is 0 Å². The van der Waals surface area contributed by atoms with E-state index in [9.17, 15) is 13.2 Å². The fourth-order valence-corrected chi connectivity index (χ4v) is 3.21. The Bertz CT molecular complexity index is 785. The lowest BCUT2D eigenvalue weighted by Gasteiger charge is -2.13. The summed E-state index contributed by atoms with van der Waals surface area (Å²) in [4.78, 5) is 12.3. The third kappa shape index (κ3) is 4.43. The Morgan fingerprint density at radius 3 is 2.17 bits per heavy atom. The van der Waals surface area contributed by atoms with Crippen molar-refractivity contribution in [2.24, 2.45) is 0 Å². The number of anilines is 1. The number of rotatable bonds is 6. The number of nitrogens with one attached hydrogen (secondary N) is 1. The van der Waals surface area contributed by atoms with Gasteiger partial charge < -0.3 is 5.32 Å². The zero-order valence-electron chi connectivity index (χ0n) is 14.1. The van der Waals surface area contributed by atoms with E-state index in [1.54, 1.807) is 12.1 Å². The van der Waals surface area contributed by atoms with Gasteiger partial charge in [-0.25, -0.2) is 12.7 Å². The maximum Gasteiger partial charge on any atom is 0.242 e. The third-order valence-corrected chi connectivity index (χ3v) is 5.61. The molecule has 0 fully saturated rings. The molecule has 0 saturated carbocycles. The Morgan fingerprint density at radius 1 is 1.04 bits per heavy atom. The van der Waals surface area contributed by atoms with E-state index in [1.165, 1.54) is 26.2 Å². The molecule has 2 aromatic carbocycles. The molecule has 0 aliphatic carbocycles. The van der Waals surface area contributed by atoms with Gasteiger partial charge in [-0.3, -0.25) is 4.79 Å². The van der Waals surface area contributed by atoms with Gasteiger partial charge in [0.15, 0.2) is 0 Å². The Morgan fingerprint density at radius 2 is 1.62 bits per heavy atom. The van der Waals surface area contributed by atoms with Gasteiger partial charge in [-0.2, -0.15) is 0 Å². The average molecular weight is 346 g/mol. The summed E-state index contributed by atoms with van der Waals surface area (Å²) in [6, 6.07) is 16.0. The second kappa shape index (κ2) is 7.59. The highest BCUT2D eigenvalue weighted by molar-refractivity contribution is 7.89. The van der Waals surface area contributed by atoms with Crippen molar-refractivity contribution < 1.29 is 13.2 Å². The largest absolute Gasteiger partial charge is 0.326 e. The highest BCUT2D eigenvalue weighted by Crippen LogP contribution is 2.20. The predicted molar refractivity (Wildman–Crippen MR) is 95.4 cm³/mol. The lowest BCUT2D eigenvalue weighted by atomic mass is 9.97. The second-order valence-electron chi connectivity index (χ2n) is 5.88. The summed E-state index contributed by atoms with van der Waals surface area (Å²) in [5.41, 5.74) is 1.69. The summed E-state index contributed by atoms with van der Waals surface area (Å²) >= 11 is 0. The smallest absolute Gasteiger partial charge is 0.242 e. The summed E-state index contributed by atoms with van der Waals surface area (Å²) in [5, 5.41) is 2.80. The molecule has 0 aromatic heterocycles. The summed E-state index contributed by atoms with van der Waals surface area (Å²) in [6.07, 6.45) is 0.363. The van der Waals surface area contributed by atoms with Crippen molar-refractivity contribution in [3.8, 4) is 0 Å². The highest BCUT2D eigenvalue weighted by atomic mass is 32.2. The molecule has 5 nitrogen and oxygen atoms in total. The normalized spacial score (nSPS) is 12.8. The van der Waals surface area contributed by atoms with Crippen molar-refractivity contribution in [3.63, 3.8) is 0 Å². The highest BCUT2D eigenvalue weighted by Gasteiger charge is 2.17. The van der Waals surface area contributed by atoms with Crippen molar-refractivity contribution >= 4 is 21.6 Å². The first kappa shape index (κ1) is 18.2. The van der Waals surface area contributed by atoms with Gasteiger partial charge in [-0.1, -0.05) is 37.3 Å². The van der Waals surface area contributed by atoms with Crippen LogP contribution in [0.25, 0.3) is 0 Å². The maximum absolute atomic E-state index is 12.1. The van der Waals surface area contributed by atoms with Crippen molar-refractivity contribution in [2.45, 2.75) is 24.2 Å². The minimum absolute atomic E-state index is 0.102. The summed E-state index contributed by atoms with van der Waals surface area (Å²) in [5.74, 6) is 0.00848. The zero-order valence-corrected chi connectivity index (χ0v) is 14.9. The number of hydrogen-bond acceptors (Lipinski definition) is 3. The summed E-state index contributed by atoms with van der Waals surface area (Å²) in [7, 11) is -0.492. The fourth-order valence-electron chi connectivity index (χ4n) is 2.31. The molecule has 1 unspecified atom stereocenters. The lowest BCUT2D eigenvalue weighted by Crippen LogP contribution is -2.22. The molecule has 24 heavy (non-hydrogen) atoms. The van der Waals surface area contributed by atoms with E-state index < -0.39 is 10.0 Å². The monoisotopic (exact) mass is 346 g/mol. The number of amides is 1. The van der Waals surface area contributed by atoms with Crippen LogP contribution in [0.5, 0.6) is 0 Å². The fraction of sp³-hybridized carbons (Fsp3) is 0.278. The molecule has 0 aliphatic rings. The Balaban J connectivity index is 2.00. The first-order valence-corrected chi connectivity index (χ1v) is 9.12. The molecule has 0 aliphatic heterocycles. The number of sulfonamides is 1. The van der Waals surface area contributed by atoms with Gasteiger partial charge in [-0.05, 0) is 35.7 Å². The maximum atomic E-state index is 12.1. The number of hydrogen-bond donors (Lipinski definition) is 1.